The minimum Gasteiger partial charge on any atom is -0.462 e. The second-order valence-electron chi connectivity index (χ2n) is 15.8. The van der Waals surface area contributed by atoms with Gasteiger partial charge in [0.05, 0.1) is 36.3 Å². The molecule has 4 heterocycles. The van der Waals surface area contributed by atoms with E-state index in [4.69, 9.17) is 37.9 Å². The van der Waals surface area contributed by atoms with E-state index in [0.29, 0.717) is 0 Å². The monoisotopic (exact) mass is 949 g/mol. The summed E-state index contributed by atoms with van der Waals surface area (Å²) < 4.78 is 46.5. The first-order chi connectivity index (χ1) is 31.2. The van der Waals surface area contributed by atoms with Crippen LogP contribution in [0.1, 0.15) is 12.5 Å². The molecule has 0 unspecified atom stereocenters. The Kier molecular flexibility index (Phi) is 16.2. The summed E-state index contributed by atoms with van der Waals surface area (Å²) in [5, 5.41) is 156. The number of carbonyl (C=O) groups excluding carboxylic acids is 1. The number of nitrogens with zero attached hydrogens (tertiary/aromatic N) is 2. The molecule has 0 spiro atoms. The van der Waals surface area contributed by atoms with Gasteiger partial charge in [-0.3, -0.25) is 30.3 Å². The minimum atomic E-state index is -3.54. The van der Waals surface area contributed by atoms with Crippen molar-refractivity contribution in [2.75, 3.05) is 26.4 Å². The third-order valence-electron chi connectivity index (χ3n) is 11.5. The number of rotatable bonds is 16. The van der Waals surface area contributed by atoms with Gasteiger partial charge in [0.15, 0.2) is 18.7 Å². The topological polar surface area (TPSA) is 432 Å². The average molecular weight is 950 g/mol. The van der Waals surface area contributed by atoms with Gasteiger partial charge in [0.25, 0.3) is 11.5 Å². The van der Waals surface area contributed by atoms with Crippen molar-refractivity contribution in [1.29, 1.82) is 0 Å². The molecule has 6 rings (SSSR count). The average Bonchev–Trinajstić information content (AvgIpc) is 3.30. The Labute approximate surface area is 371 Å². The third kappa shape index (κ3) is 9.71. The number of carbonyl (C=O) groups is 1. The van der Waals surface area contributed by atoms with E-state index >= 15 is 0 Å². The highest BCUT2D eigenvalue weighted by Crippen LogP contribution is 2.49. The molecule has 0 radical (unpaired) electrons. The van der Waals surface area contributed by atoms with E-state index in [1.165, 1.54) is 18.2 Å². The van der Waals surface area contributed by atoms with Crippen molar-refractivity contribution in [3.05, 3.63) is 80.4 Å². The fraction of sp³-hybridized carbons (Fsp3) is 0.658. The van der Waals surface area contributed by atoms with Crippen molar-refractivity contribution < 1.29 is 114 Å². The highest BCUT2D eigenvalue weighted by molar-refractivity contribution is 5.74. The summed E-state index contributed by atoms with van der Waals surface area (Å²) in [5.74, 6) is -4.69. The minimum absolute atomic E-state index is 0.168. The number of benzene rings is 2. The molecule has 28 nitrogen and oxygen atoms in total. The lowest BCUT2D eigenvalue weighted by atomic mass is 9.79. The molecule has 368 valence electrons. The van der Waals surface area contributed by atoms with Gasteiger partial charge in [-0.1, -0.05) is 30.3 Å². The molecule has 28 heteroatoms. The molecule has 66 heavy (non-hydrogen) atoms. The van der Waals surface area contributed by atoms with Crippen LogP contribution < -0.4 is 10.1 Å². The predicted molar refractivity (Wildman–Crippen MR) is 207 cm³/mol. The Balaban J connectivity index is 1.44. The molecule has 13 N–H and O–H groups in total. The largest absolute Gasteiger partial charge is 0.462 e. The van der Waals surface area contributed by atoms with Gasteiger partial charge in [-0.25, -0.2) is 0 Å². The van der Waals surface area contributed by atoms with Gasteiger partial charge in [-0.2, -0.15) is 0 Å². The van der Waals surface area contributed by atoms with Crippen molar-refractivity contribution in [2.24, 2.45) is 0 Å². The Morgan fingerprint density at radius 1 is 0.652 bits per heavy atom. The summed E-state index contributed by atoms with van der Waals surface area (Å²) >= 11 is 0. The van der Waals surface area contributed by atoms with Crippen molar-refractivity contribution in [3.8, 4) is 5.75 Å². The van der Waals surface area contributed by atoms with E-state index in [1.54, 1.807) is 0 Å². The second kappa shape index (κ2) is 20.9. The van der Waals surface area contributed by atoms with Crippen molar-refractivity contribution >= 4 is 11.6 Å². The molecule has 4 fully saturated rings. The normalized spacial score (nSPS) is 41.7. The maximum atomic E-state index is 13.6. The molecule has 20 atom stereocenters. The van der Waals surface area contributed by atoms with Crippen LogP contribution in [0, 0.1) is 20.2 Å². The number of aliphatic hydroxyl groups is 12. The summed E-state index contributed by atoms with van der Waals surface area (Å²) in [4.78, 5) is 35.8. The van der Waals surface area contributed by atoms with E-state index in [-0.39, 0.29) is 11.4 Å². The van der Waals surface area contributed by atoms with Gasteiger partial charge < -0.3 is 99.2 Å². The van der Waals surface area contributed by atoms with Crippen LogP contribution in [0.3, 0.4) is 0 Å². The zero-order valence-electron chi connectivity index (χ0n) is 34.5. The van der Waals surface area contributed by atoms with E-state index < -0.39 is 170 Å². The standard InChI is InChI=1S/C38H51N3O25/c1-15(44)39-37(41(57)58)33(54)25(47)21(13-59-34-29(51)26(48)23(45)19(11-42)62-34)65-38(37,16-5-3-2-4-6-16)66-32-22(14-60-35-30(52)27(49)24(46)20(12-43)63-35)64-36(31(53)28(32)50)61-18-9-7-17(8-10-18)40(55)56/h2-10,19-36,42-43,45-54H,11-14H2,1H3,(H,39,44)/t19-,20-,21-,22-,23+,24-,25-,26+,27+,28-,29-,30+,31+,32-,33+,34-,35+,36+,37-,38+/m1/s1. The summed E-state index contributed by atoms with van der Waals surface area (Å²) in [5.41, 5.74) is -4.33. The van der Waals surface area contributed by atoms with Crippen LogP contribution in [0.25, 0.3) is 0 Å². The lowest BCUT2D eigenvalue weighted by Gasteiger charge is -2.54. The fourth-order valence-electron chi connectivity index (χ4n) is 8.02. The van der Waals surface area contributed by atoms with Gasteiger partial charge in [-0.15, -0.1) is 0 Å². The zero-order chi connectivity index (χ0) is 48.4. The Morgan fingerprint density at radius 2 is 1.15 bits per heavy atom. The lowest BCUT2D eigenvalue weighted by Crippen LogP contribution is -2.82. The lowest BCUT2D eigenvalue weighted by molar-refractivity contribution is -0.657. The van der Waals surface area contributed by atoms with E-state index in [1.807, 2.05) is 5.32 Å². The molecule has 4 aliphatic heterocycles. The predicted octanol–water partition coefficient (Wildman–Crippen LogP) is -6.48. The van der Waals surface area contributed by atoms with Crippen LogP contribution >= 0.6 is 0 Å². The first-order valence-electron chi connectivity index (χ1n) is 20.2. The Bertz CT molecular complexity index is 1950. The Morgan fingerprint density at radius 3 is 1.64 bits per heavy atom. The van der Waals surface area contributed by atoms with Gasteiger partial charge in [0, 0.05) is 24.6 Å². The molecule has 0 aliphatic carbocycles. The van der Waals surface area contributed by atoms with Gasteiger partial charge in [0.2, 0.25) is 12.2 Å². The molecule has 4 saturated heterocycles. The number of aliphatic hydroxyl groups excluding tert-OH is 12. The maximum absolute atomic E-state index is 13.6. The first kappa shape index (κ1) is 51.1. The van der Waals surface area contributed by atoms with Crippen LogP contribution in [0.4, 0.5) is 5.69 Å². The smallest absolute Gasteiger partial charge is 0.382 e. The number of hydrogen-bond acceptors (Lipinski definition) is 25. The third-order valence-corrected chi connectivity index (χ3v) is 11.5. The zero-order valence-corrected chi connectivity index (χ0v) is 34.5. The summed E-state index contributed by atoms with van der Waals surface area (Å²) in [7, 11) is 0. The molecular formula is C38H51N3O25. The van der Waals surface area contributed by atoms with Crippen molar-refractivity contribution in [2.45, 2.75) is 129 Å². The molecule has 2 aromatic rings. The SMILES string of the molecule is CC(=O)N[C@@]1([N+](=O)[O-])[C@@H](O)[C@H](O)[C@@H](CO[C@@H]2O[C@H](CO)[C@H](O)[C@H](O)[C@H]2O)O[C@]1(O[C@H]1[C@H](O)[C@H](O)[C@@H](Oc2ccc([N+](=O)[O-])cc2)O[C@@H]1CO[C@H]1O[C@H](CO)[C@@H](O)[C@H](O)[C@@H]1O)c1ccccc1. The van der Waals surface area contributed by atoms with E-state index in [9.17, 15) is 86.3 Å². The van der Waals surface area contributed by atoms with E-state index in [0.717, 1.165) is 43.3 Å². The molecule has 2 aromatic carbocycles. The van der Waals surface area contributed by atoms with Gasteiger partial charge in [-0.05, 0) is 12.1 Å². The Hall–Kier alpha value is -4.25. The quantitative estimate of drug-likeness (QED) is 0.0423. The van der Waals surface area contributed by atoms with Crippen LogP contribution in [0.5, 0.6) is 5.75 Å². The number of hydrogen-bond donors (Lipinski definition) is 13. The summed E-state index contributed by atoms with van der Waals surface area (Å²) in [6, 6.07) is 10.6. The van der Waals surface area contributed by atoms with Crippen molar-refractivity contribution in [1.82, 2.24) is 5.32 Å². The number of nitro benzene ring substituents is 1. The first-order valence-corrected chi connectivity index (χ1v) is 20.2. The van der Waals surface area contributed by atoms with Crippen LogP contribution in [0.15, 0.2) is 54.6 Å². The second-order valence-corrected chi connectivity index (χ2v) is 15.8. The molecule has 0 bridgehead atoms. The fourth-order valence-corrected chi connectivity index (χ4v) is 8.02. The number of nitro groups is 2. The summed E-state index contributed by atoms with van der Waals surface area (Å²) in [6.07, 6.45) is -36.3. The van der Waals surface area contributed by atoms with Crippen LogP contribution in [-0.2, 0) is 43.7 Å². The molecular weight excluding hydrogens is 898 g/mol. The highest BCUT2D eigenvalue weighted by atomic mass is 16.8. The summed E-state index contributed by atoms with van der Waals surface area (Å²) in [6.45, 7) is -2.95. The maximum Gasteiger partial charge on any atom is 0.382 e. The van der Waals surface area contributed by atoms with Crippen LogP contribution in [0.2, 0.25) is 0 Å². The molecule has 4 aliphatic rings. The number of non-ortho nitro benzene ring substituents is 1. The highest BCUT2D eigenvalue weighted by Gasteiger charge is 2.77. The number of nitrogens with one attached hydrogen (secondary N) is 1. The van der Waals surface area contributed by atoms with Crippen LogP contribution in [-0.4, -0.2) is 220 Å². The van der Waals surface area contributed by atoms with Gasteiger partial charge in [0.1, 0.15) is 91.2 Å². The van der Waals surface area contributed by atoms with E-state index in [2.05, 4.69) is 0 Å². The molecule has 0 saturated carbocycles. The molecule has 0 aromatic heterocycles. The van der Waals surface area contributed by atoms with Crippen molar-refractivity contribution in [3.63, 3.8) is 0 Å². The molecule has 1 amide bonds. The number of ether oxygens (including phenoxy) is 8. The van der Waals surface area contributed by atoms with Gasteiger partial charge >= 0.3 is 5.66 Å². The number of amides is 1.